The number of hydrogen-bond donors (Lipinski definition) is 2. The van der Waals surface area contributed by atoms with Crippen LogP contribution in [0.5, 0.6) is 0 Å². The predicted molar refractivity (Wildman–Crippen MR) is 64.2 cm³/mol. The Hall–Kier alpha value is -1.91. The van der Waals surface area contributed by atoms with Gasteiger partial charge in [-0.05, 0) is 18.6 Å². The number of pyridine rings is 1. The van der Waals surface area contributed by atoms with Crippen molar-refractivity contribution in [3.63, 3.8) is 0 Å². The number of amides is 2. The number of hydrogen-bond acceptors (Lipinski definition) is 3. The van der Waals surface area contributed by atoms with Gasteiger partial charge in [-0.3, -0.25) is 14.6 Å². The lowest BCUT2D eigenvalue weighted by Crippen LogP contribution is -2.44. The molecule has 1 aromatic heterocycles. The van der Waals surface area contributed by atoms with Gasteiger partial charge in [0, 0.05) is 18.0 Å². The summed E-state index contributed by atoms with van der Waals surface area (Å²) in [6, 6.07) is 2.58. The summed E-state index contributed by atoms with van der Waals surface area (Å²) in [5.74, 6) is -0.798. The van der Waals surface area contributed by atoms with E-state index >= 15 is 0 Å². The Morgan fingerprint density at radius 3 is 2.59 bits per heavy atom. The Morgan fingerprint density at radius 1 is 1.41 bits per heavy atom. The summed E-state index contributed by atoms with van der Waals surface area (Å²) in [7, 11) is 0. The summed E-state index contributed by atoms with van der Waals surface area (Å²) < 4.78 is 0. The van der Waals surface area contributed by atoms with Gasteiger partial charge in [-0.25, -0.2) is 0 Å². The summed E-state index contributed by atoms with van der Waals surface area (Å²) in [6.45, 7) is 2.02. The number of rotatable bonds is 6. The van der Waals surface area contributed by atoms with Crippen molar-refractivity contribution in [2.24, 2.45) is 5.73 Å². The second-order valence-corrected chi connectivity index (χ2v) is 3.81. The zero-order chi connectivity index (χ0) is 12.7. The number of aromatic nitrogens is 1. The first-order valence-corrected chi connectivity index (χ1v) is 5.65. The molecule has 0 aliphatic heterocycles. The molecule has 0 saturated heterocycles. The number of nitrogens with one attached hydrogen (secondary N) is 1. The van der Waals surface area contributed by atoms with Crippen LogP contribution in [-0.4, -0.2) is 22.8 Å². The zero-order valence-corrected chi connectivity index (χ0v) is 9.85. The fourth-order valence-electron chi connectivity index (χ4n) is 1.44. The first-order valence-electron chi connectivity index (χ1n) is 5.65. The van der Waals surface area contributed by atoms with Gasteiger partial charge in [-0.2, -0.15) is 0 Å². The van der Waals surface area contributed by atoms with E-state index in [2.05, 4.69) is 10.3 Å². The van der Waals surface area contributed by atoms with Gasteiger partial charge >= 0.3 is 0 Å². The summed E-state index contributed by atoms with van der Waals surface area (Å²) in [6.07, 6.45) is 5.43. The zero-order valence-electron chi connectivity index (χ0n) is 9.85. The minimum absolute atomic E-state index is 0.299. The van der Waals surface area contributed by atoms with Crippen LogP contribution in [0.2, 0.25) is 0 Å². The number of nitrogens with two attached hydrogens (primary N) is 1. The highest BCUT2D eigenvalue weighted by Crippen LogP contribution is 2.03. The Kier molecular flexibility index (Phi) is 5.13. The van der Waals surface area contributed by atoms with Crippen molar-refractivity contribution in [3.05, 3.63) is 30.1 Å². The number of primary amides is 1. The Labute approximate surface area is 100 Å². The van der Waals surface area contributed by atoms with Crippen molar-refractivity contribution in [1.82, 2.24) is 10.3 Å². The molecule has 5 nitrogen and oxygen atoms in total. The number of carbonyl (C=O) groups excluding carboxylic acids is 2. The highest BCUT2D eigenvalue weighted by Gasteiger charge is 2.17. The molecule has 1 atom stereocenters. The molecule has 92 valence electrons. The molecule has 0 unspecified atom stereocenters. The van der Waals surface area contributed by atoms with Crippen molar-refractivity contribution < 1.29 is 9.59 Å². The predicted octanol–water partition coefficient (Wildman–Crippen LogP) is 0.855. The topological polar surface area (TPSA) is 85.1 Å². The van der Waals surface area contributed by atoms with Gasteiger partial charge < -0.3 is 11.1 Å². The van der Waals surface area contributed by atoms with E-state index in [1.807, 2.05) is 6.92 Å². The van der Waals surface area contributed by atoms with Crippen LogP contribution in [0.25, 0.3) is 0 Å². The van der Waals surface area contributed by atoms with E-state index in [1.54, 1.807) is 12.1 Å². The van der Waals surface area contributed by atoms with E-state index in [4.69, 9.17) is 5.73 Å². The SMILES string of the molecule is CCCC[C@@H](NC(=O)c1ccncc1)C(N)=O. The molecular formula is C12H17N3O2. The molecule has 0 radical (unpaired) electrons. The van der Waals surface area contributed by atoms with Crippen molar-refractivity contribution in [3.8, 4) is 0 Å². The van der Waals surface area contributed by atoms with E-state index in [0.29, 0.717) is 12.0 Å². The van der Waals surface area contributed by atoms with Crippen LogP contribution in [0.4, 0.5) is 0 Å². The second kappa shape index (κ2) is 6.62. The second-order valence-electron chi connectivity index (χ2n) is 3.81. The normalized spacial score (nSPS) is 11.8. The molecule has 1 heterocycles. The van der Waals surface area contributed by atoms with Crippen LogP contribution < -0.4 is 11.1 Å². The molecule has 2 amide bonds. The number of carbonyl (C=O) groups is 2. The van der Waals surface area contributed by atoms with Gasteiger partial charge in [-0.15, -0.1) is 0 Å². The van der Waals surface area contributed by atoms with Crippen LogP contribution in [0.1, 0.15) is 36.5 Å². The monoisotopic (exact) mass is 235 g/mol. The van der Waals surface area contributed by atoms with Gasteiger partial charge in [0.2, 0.25) is 5.91 Å². The van der Waals surface area contributed by atoms with Gasteiger partial charge in [0.1, 0.15) is 6.04 Å². The molecule has 0 fully saturated rings. The molecule has 0 aliphatic rings. The van der Waals surface area contributed by atoms with Crippen LogP contribution in [0, 0.1) is 0 Å². The van der Waals surface area contributed by atoms with E-state index < -0.39 is 11.9 Å². The Morgan fingerprint density at radius 2 is 2.06 bits per heavy atom. The van der Waals surface area contributed by atoms with E-state index in [9.17, 15) is 9.59 Å². The Balaban J connectivity index is 2.61. The quantitative estimate of drug-likeness (QED) is 0.766. The Bertz CT molecular complexity index is 379. The third kappa shape index (κ3) is 4.22. The lowest BCUT2D eigenvalue weighted by atomic mass is 10.1. The summed E-state index contributed by atoms with van der Waals surface area (Å²) in [5.41, 5.74) is 5.71. The van der Waals surface area contributed by atoms with Crippen LogP contribution in [0.3, 0.4) is 0 Å². The smallest absolute Gasteiger partial charge is 0.252 e. The maximum absolute atomic E-state index is 11.8. The first kappa shape index (κ1) is 13.2. The van der Waals surface area contributed by atoms with Crippen LogP contribution in [-0.2, 0) is 4.79 Å². The van der Waals surface area contributed by atoms with E-state index in [1.165, 1.54) is 12.4 Å². The fraction of sp³-hybridized carbons (Fsp3) is 0.417. The van der Waals surface area contributed by atoms with Gasteiger partial charge in [-0.1, -0.05) is 19.8 Å². The van der Waals surface area contributed by atoms with E-state index in [-0.39, 0.29) is 5.91 Å². The molecule has 5 heteroatoms. The summed E-state index contributed by atoms with van der Waals surface area (Å²) >= 11 is 0. The molecule has 0 bridgehead atoms. The van der Waals surface area contributed by atoms with Crippen LogP contribution in [0.15, 0.2) is 24.5 Å². The van der Waals surface area contributed by atoms with Crippen molar-refractivity contribution >= 4 is 11.8 Å². The van der Waals surface area contributed by atoms with Crippen LogP contribution >= 0.6 is 0 Å². The largest absolute Gasteiger partial charge is 0.368 e. The maximum atomic E-state index is 11.8. The fourth-order valence-corrected chi connectivity index (χ4v) is 1.44. The van der Waals surface area contributed by atoms with Gasteiger partial charge in [0.15, 0.2) is 0 Å². The minimum atomic E-state index is -0.601. The lowest BCUT2D eigenvalue weighted by molar-refractivity contribution is -0.120. The summed E-state index contributed by atoms with van der Waals surface area (Å²) in [5, 5.41) is 2.63. The highest BCUT2D eigenvalue weighted by atomic mass is 16.2. The van der Waals surface area contributed by atoms with Gasteiger partial charge in [0.05, 0.1) is 0 Å². The first-order chi connectivity index (χ1) is 8.15. The third-order valence-electron chi connectivity index (χ3n) is 2.44. The van der Waals surface area contributed by atoms with Gasteiger partial charge in [0.25, 0.3) is 5.91 Å². The van der Waals surface area contributed by atoms with Crippen molar-refractivity contribution in [2.45, 2.75) is 32.2 Å². The number of nitrogens with zero attached hydrogens (tertiary/aromatic N) is 1. The molecular weight excluding hydrogens is 218 g/mol. The average molecular weight is 235 g/mol. The average Bonchev–Trinajstić information content (AvgIpc) is 2.35. The standard InChI is InChI=1S/C12H17N3O2/c1-2-3-4-10(11(13)16)15-12(17)9-5-7-14-8-6-9/h5-8,10H,2-4H2,1H3,(H2,13,16)(H,15,17)/t10-/m1/s1. The highest BCUT2D eigenvalue weighted by molar-refractivity contribution is 5.97. The molecule has 0 aliphatic carbocycles. The van der Waals surface area contributed by atoms with E-state index in [0.717, 1.165) is 12.8 Å². The maximum Gasteiger partial charge on any atom is 0.252 e. The molecule has 1 rings (SSSR count). The molecule has 1 aromatic rings. The minimum Gasteiger partial charge on any atom is -0.368 e. The molecule has 0 saturated carbocycles. The molecule has 17 heavy (non-hydrogen) atoms. The third-order valence-corrected chi connectivity index (χ3v) is 2.44. The molecule has 0 aromatic carbocycles. The van der Waals surface area contributed by atoms with Crippen molar-refractivity contribution in [1.29, 1.82) is 0 Å². The summed E-state index contributed by atoms with van der Waals surface area (Å²) in [4.78, 5) is 26.8. The van der Waals surface area contributed by atoms with Crippen molar-refractivity contribution in [2.75, 3.05) is 0 Å². The lowest BCUT2D eigenvalue weighted by Gasteiger charge is -2.14. The number of unbranched alkanes of at least 4 members (excludes halogenated alkanes) is 1. The molecule has 0 spiro atoms. The molecule has 3 N–H and O–H groups in total.